The summed E-state index contributed by atoms with van der Waals surface area (Å²) in [5, 5.41) is 14.1. The minimum atomic E-state index is -0.935. The number of hydrogen-bond acceptors (Lipinski definition) is 4. The van der Waals surface area contributed by atoms with Gasteiger partial charge in [-0.1, -0.05) is 25.0 Å². The number of likely N-dealkylation sites (tertiary alicyclic amines) is 1. The van der Waals surface area contributed by atoms with Gasteiger partial charge in [-0.25, -0.2) is 4.98 Å². The summed E-state index contributed by atoms with van der Waals surface area (Å²) in [6, 6.07) is 4.01. The summed E-state index contributed by atoms with van der Waals surface area (Å²) in [7, 11) is 0. The van der Waals surface area contributed by atoms with Gasteiger partial charge in [0.1, 0.15) is 5.65 Å². The molecule has 0 saturated carbocycles. The van der Waals surface area contributed by atoms with Crippen molar-refractivity contribution in [2.24, 2.45) is 0 Å². The van der Waals surface area contributed by atoms with E-state index in [1.165, 1.54) is 12.8 Å². The standard InChI is InChI=1S/C24H34N4O2/c1-4-11-24(30,12-5-2)18-25-17-20-22(23(29)27-13-8-6-7-9-14-27)26-21-16-19(3)10-15-28(20)21/h4-5,10,15-16,25,30H,1-2,6-9,11-14,17-18H2,3H3. The first-order chi connectivity index (χ1) is 14.5. The molecule has 3 heterocycles. The first-order valence-corrected chi connectivity index (χ1v) is 10.9. The van der Waals surface area contributed by atoms with Crippen LogP contribution in [0.15, 0.2) is 43.6 Å². The van der Waals surface area contributed by atoms with Crippen LogP contribution in [0.1, 0.15) is 60.3 Å². The Morgan fingerprint density at radius 1 is 1.23 bits per heavy atom. The Morgan fingerprint density at radius 2 is 1.90 bits per heavy atom. The highest BCUT2D eigenvalue weighted by molar-refractivity contribution is 5.94. The second-order valence-electron chi connectivity index (χ2n) is 8.36. The van der Waals surface area contributed by atoms with Gasteiger partial charge in [-0.15, -0.1) is 13.2 Å². The van der Waals surface area contributed by atoms with E-state index in [-0.39, 0.29) is 5.91 Å². The molecule has 6 nitrogen and oxygen atoms in total. The Labute approximate surface area is 179 Å². The van der Waals surface area contributed by atoms with Crippen LogP contribution in [0.2, 0.25) is 0 Å². The van der Waals surface area contributed by atoms with E-state index in [1.54, 1.807) is 12.2 Å². The molecule has 1 amide bonds. The monoisotopic (exact) mass is 410 g/mol. The zero-order chi connectivity index (χ0) is 21.6. The molecule has 1 aliphatic rings. The first-order valence-electron chi connectivity index (χ1n) is 10.9. The van der Waals surface area contributed by atoms with E-state index in [9.17, 15) is 9.90 Å². The number of fused-ring (bicyclic) bond motifs is 1. The van der Waals surface area contributed by atoms with E-state index >= 15 is 0 Å². The van der Waals surface area contributed by atoms with E-state index in [0.29, 0.717) is 31.6 Å². The molecule has 1 aliphatic heterocycles. The van der Waals surface area contributed by atoms with E-state index in [1.807, 2.05) is 34.6 Å². The molecule has 0 radical (unpaired) electrons. The second-order valence-corrected chi connectivity index (χ2v) is 8.36. The number of aliphatic hydroxyl groups is 1. The fraction of sp³-hybridized carbons (Fsp3) is 0.500. The van der Waals surface area contributed by atoms with Crippen LogP contribution in [-0.2, 0) is 6.54 Å². The number of nitrogens with one attached hydrogen (secondary N) is 1. The lowest BCUT2D eigenvalue weighted by Gasteiger charge is -2.26. The second kappa shape index (κ2) is 10.0. The average Bonchev–Trinajstić information content (AvgIpc) is 2.88. The molecule has 30 heavy (non-hydrogen) atoms. The maximum atomic E-state index is 13.3. The molecule has 2 aromatic heterocycles. The maximum absolute atomic E-state index is 13.3. The number of carbonyl (C=O) groups is 1. The molecule has 3 rings (SSSR count). The summed E-state index contributed by atoms with van der Waals surface area (Å²) in [5.74, 6) is 0.00231. The lowest BCUT2D eigenvalue weighted by molar-refractivity contribution is 0.0460. The van der Waals surface area contributed by atoms with Crippen molar-refractivity contribution in [3.8, 4) is 0 Å². The summed E-state index contributed by atoms with van der Waals surface area (Å²) in [6.07, 6.45) is 10.8. The SMILES string of the molecule is C=CCC(O)(CC=C)CNCc1c(C(=O)N2CCCCCC2)nc2cc(C)ccn12. The van der Waals surface area contributed by atoms with Crippen LogP contribution in [-0.4, -0.2) is 50.5 Å². The minimum Gasteiger partial charge on any atom is -0.388 e. The van der Waals surface area contributed by atoms with E-state index in [4.69, 9.17) is 4.98 Å². The fourth-order valence-corrected chi connectivity index (χ4v) is 4.14. The topological polar surface area (TPSA) is 69.9 Å². The van der Waals surface area contributed by atoms with Crippen LogP contribution in [0.3, 0.4) is 0 Å². The lowest BCUT2D eigenvalue weighted by atomic mass is 9.95. The quantitative estimate of drug-likeness (QED) is 0.620. The van der Waals surface area contributed by atoms with Crippen molar-refractivity contribution in [1.29, 1.82) is 0 Å². The van der Waals surface area contributed by atoms with Crippen molar-refractivity contribution in [3.63, 3.8) is 0 Å². The molecule has 0 aromatic carbocycles. The molecule has 0 aliphatic carbocycles. The van der Waals surface area contributed by atoms with Crippen molar-refractivity contribution in [2.45, 2.75) is 57.6 Å². The predicted molar refractivity (Wildman–Crippen MR) is 121 cm³/mol. The van der Waals surface area contributed by atoms with Gasteiger partial charge >= 0.3 is 0 Å². The third kappa shape index (κ3) is 5.18. The zero-order valence-corrected chi connectivity index (χ0v) is 18.1. The van der Waals surface area contributed by atoms with Gasteiger partial charge in [0, 0.05) is 32.4 Å². The van der Waals surface area contributed by atoms with Gasteiger partial charge in [-0.2, -0.15) is 0 Å². The smallest absolute Gasteiger partial charge is 0.274 e. The number of aromatic nitrogens is 2. The van der Waals surface area contributed by atoms with Gasteiger partial charge in [0.05, 0.1) is 11.3 Å². The summed E-state index contributed by atoms with van der Waals surface area (Å²) < 4.78 is 1.98. The van der Waals surface area contributed by atoms with Gasteiger partial charge in [0.25, 0.3) is 5.91 Å². The molecule has 1 saturated heterocycles. The van der Waals surface area contributed by atoms with E-state index < -0.39 is 5.60 Å². The molecular formula is C24H34N4O2. The minimum absolute atomic E-state index is 0.00231. The number of aryl methyl sites for hydroxylation is 1. The van der Waals surface area contributed by atoms with Crippen LogP contribution in [0.25, 0.3) is 5.65 Å². The van der Waals surface area contributed by atoms with Gasteiger partial charge in [0.15, 0.2) is 5.69 Å². The van der Waals surface area contributed by atoms with Crippen molar-refractivity contribution in [3.05, 3.63) is 60.6 Å². The Bertz CT molecular complexity index is 884. The number of carbonyl (C=O) groups excluding carboxylic acids is 1. The van der Waals surface area contributed by atoms with Crippen molar-refractivity contribution >= 4 is 11.6 Å². The molecule has 162 valence electrons. The lowest BCUT2D eigenvalue weighted by Crippen LogP contribution is -2.40. The van der Waals surface area contributed by atoms with Crippen molar-refractivity contribution < 1.29 is 9.90 Å². The van der Waals surface area contributed by atoms with Gasteiger partial charge in [-0.3, -0.25) is 4.79 Å². The molecule has 6 heteroatoms. The average molecular weight is 411 g/mol. The van der Waals surface area contributed by atoms with Crippen LogP contribution in [0, 0.1) is 6.92 Å². The Morgan fingerprint density at radius 3 is 2.53 bits per heavy atom. The Hall–Kier alpha value is -2.44. The van der Waals surface area contributed by atoms with Gasteiger partial charge in [-0.05, 0) is 50.3 Å². The third-order valence-corrected chi connectivity index (χ3v) is 5.77. The first kappa shape index (κ1) is 22.2. The Balaban J connectivity index is 1.86. The number of imidazole rings is 1. The highest BCUT2D eigenvalue weighted by atomic mass is 16.3. The van der Waals surface area contributed by atoms with Gasteiger partial charge in [0.2, 0.25) is 0 Å². The third-order valence-electron chi connectivity index (χ3n) is 5.77. The molecule has 0 atom stereocenters. The Kier molecular flexibility index (Phi) is 7.45. The summed E-state index contributed by atoms with van der Waals surface area (Å²) in [4.78, 5) is 20.0. The maximum Gasteiger partial charge on any atom is 0.274 e. The molecule has 1 fully saturated rings. The van der Waals surface area contributed by atoms with Gasteiger partial charge < -0.3 is 19.7 Å². The number of rotatable bonds is 9. The largest absolute Gasteiger partial charge is 0.388 e. The molecule has 0 bridgehead atoms. The highest BCUT2D eigenvalue weighted by Gasteiger charge is 2.26. The van der Waals surface area contributed by atoms with Crippen LogP contribution in [0.5, 0.6) is 0 Å². The molecular weight excluding hydrogens is 376 g/mol. The number of amides is 1. The molecule has 2 aromatic rings. The van der Waals surface area contributed by atoms with E-state index in [2.05, 4.69) is 18.5 Å². The predicted octanol–water partition coefficient (Wildman–Crippen LogP) is 3.63. The highest BCUT2D eigenvalue weighted by Crippen LogP contribution is 2.20. The number of hydrogen-bond donors (Lipinski definition) is 2. The summed E-state index contributed by atoms with van der Waals surface area (Å²) >= 11 is 0. The molecule has 0 spiro atoms. The number of pyridine rings is 1. The van der Waals surface area contributed by atoms with Crippen LogP contribution < -0.4 is 5.32 Å². The number of nitrogens with zero attached hydrogens (tertiary/aromatic N) is 3. The van der Waals surface area contributed by atoms with Crippen LogP contribution in [0.4, 0.5) is 0 Å². The van der Waals surface area contributed by atoms with Crippen LogP contribution >= 0.6 is 0 Å². The van der Waals surface area contributed by atoms with E-state index in [0.717, 1.165) is 42.8 Å². The van der Waals surface area contributed by atoms with Crippen molar-refractivity contribution in [1.82, 2.24) is 19.6 Å². The zero-order valence-electron chi connectivity index (χ0n) is 18.1. The fourth-order valence-electron chi connectivity index (χ4n) is 4.14. The van der Waals surface area contributed by atoms with Crippen molar-refractivity contribution in [2.75, 3.05) is 19.6 Å². The molecule has 2 N–H and O–H groups in total. The normalized spacial score (nSPS) is 15.2. The molecule has 0 unspecified atom stereocenters. The summed E-state index contributed by atoms with van der Waals surface area (Å²) in [5.41, 5.74) is 2.28. The summed E-state index contributed by atoms with van der Waals surface area (Å²) in [6.45, 7) is 11.9.